The van der Waals surface area contributed by atoms with Crippen LogP contribution < -0.4 is 5.32 Å². The molecule has 1 aliphatic rings. The monoisotopic (exact) mass is 254 g/mol. The first-order valence-corrected chi connectivity index (χ1v) is 6.50. The van der Waals surface area contributed by atoms with Crippen LogP contribution in [-0.2, 0) is 10.0 Å². The van der Waals surface area contributed by atoms with Gasteiger partial charge in [-0.3, -0.25) is 0 Å². The molecule has 0 spiro atoms. The number of hydrogen-bond acceptors (Lipinski definition) is 3. The van der Waals surface area contributed by atoms with E-state index >= 15 is 0 Å². The van der Waals surface area contributed by atoms with Crippen LogP contribution in [0.15, 0.2) is 12.7 Å². The van der Waals surface area contributed by atoms with Crippen molar-refractivity contribution >= 4 is 22.4 Å². The van der Waals surface area contributed by atoms with E-state index in [0.29, 0.717) is 13.0 Å². The molecule has 1 fully saturated rings. The molecule has 0 aliphatic carbocycles. The van der Waals surface area contributed by atoms with Crippen LogP contribution in [0.4, 0.5) is 0 Å². The Bertz CT molecular complexity index is 292. The van der Waals surface area contributed by atoms with Gasteiger partial charge in [0.1, 0.15) is 0 Å². The number of nitrogens with zero attached hydrogens (tertiary/aromatic N) is 1. The van der Waals surface area contributed by atoms with E-state index in [9.17, 15) is 8.42 Å². The van der Waals surface area contributed by atoms with Crippen molar-refractivity contribution in [3.8, 4) is 0 Å². The predicted molar refractivity (Wildman–Crippen MR) is 64.9 cm³/mol. The Morgan fingerprint density at radius 2 is 2.27 bits per heavy atom. The van der Waals surface area contributed by atoms with Gasteiger partial charge < -0.3 is 5.32 Å². The van der Waals surface area contributed by atoms with Crippen LogP contribution in [0, 0.1) is 0 Å². The van der Waals surface area contributed by atoms with Crippen molar-refractivity contribution in [2.75, 3.05) is 25.4 Å². The van der Waals surface area contributed by atoms with Crippen LogP contribution in [0.2, 0.25) is 0 Å². The summed E-state index contributed by atoms with van der Waals surface area (Å²) in [5.41, 5.74) is 0. The second kappa shape index (κ2) is 6.48. The molecule has 0 bridgehead atoms. The van der Waals surface area contributed by atoms with Crippen molar-refractivity contribution in [2.24, 2.45) is 0 Å². The van der Waals surface area contributed by atoms with E-state index in [2.05, 4.69) is 11.9 Å². The smallest absolute Gasteiger partial charge is 0.214 e. The molecule has 0 unspecified atom stereocenters. The highest BCUT2D eigenvalue weighted by atomic mass is 35.5. The van der Waals surface area contributed by atoms with Gasteiger partial charge in [0.25, 0.3) is 0 Å². The van der Waals surface area contributed by atoms with Crippen LogP contribution in [-0.4, -0.2) is 44.2 Å². The van der Waals surface area contributed by atoms with Gasteiger partial charge in [0.15, 0.2) is 0 Å². The summed E-state index contributed by atoms with van der Waals surface area (Å²) < 4.78 is 25.2. The number of nitrogens with one attached hydrogen (secondary N) is 1. The van der Waals surface area contributed by atoms with Crippen LogP contribution in [0.3, 0.4) is 0 Å². The Hall–Kier alpha value is -0.100. The van der Waals surface area contributed by atoms with Crippen LogP contribution in [0.5, 0.6) is 0 Å². The molecule has 1 saturated heterocycles. The Balaban J connectivity index is 0.00000196. The minimum absolute atomic E-state index is 0. The number of rotatable bonds is 4. The normalized spacial score (nSPS) is 23.1. The lowest BCUT2D eigenvalue weighted by Crippen LogP contribution is -2.52. The Labute approximate surface area is 98.2 Å². The maximum absolute atomic E-state index is 11.8. The molecule has 1 heterocycles. The Morgan fingerprint density at radius 3 is 2.80 bits per heavy atom. The van der Waals surface area contributed by atoms with Gasteiger partial charge in [-0.05, 0) is 13.3 Å². The lowest BCUT2D eigenvalue weighted by Gasteiger charge is -2.32. The first kappa shape index (κ1) is 14.9. The van der Waals surface area contributed by atoms with E-state index in [0.717, 1.165) is 13.1 Å². The SMILES string of the molecule is C=CCCS(=O)(=O)N1CCNC[C@H]1C.Cl. The standard InChI is InChI=1S/C9H18N2O2S.ClH/c1-3-4-7-14(12,13)11-6-5-10-8-9(11)2;/h3,9-10H,1,4-8H2,2H3;1H/t9-;/m1./s1. The fraction of sp³-hybridized carbons (Fsp3) is 0.778. The van der Waals surface area contributed by atoms with Gasteiger partial charge in [-0.25, -0.2) is 8.42 Å². The highest BCUT2D eigenvalue weighted by Crippen LogP contribution is 2.10. The highest BCUT2D eigenvalue weighted by Gasteiger charge is 2.28. The largest absolute Gasteiger partial charge is 0.314 e. The minimum atomic E-state index is -3.07. The van der Waals surface area contributed by atoms with Crippen molar-refractivity contribution in [2.45, 2.75) is 19.4 Å². The average Bonchev–Trinajstić information content (AvgIpc) is 2.15. The van der Waals surface area contributed by atoms with Gasteiger partial charge in [-0.1, -0.05) is 6.08 Å². The Morgan fingerprint density at radius 1 is 1.60 bits per heavy atom. The van der Waals surface area contributed by atoms with Crippen LogP contribution in [0.25, 0.3) is 0 Å². The lowest BCUT2D eigenvalue weighted by molar-refractivity contribution is 0.284. The van der Waals surface area contributed by atoms with E-state index in [-0.39, 0.29) is 24.2 Å². The van der Waals surface area contributed by atoms with Gasteiger partial charge in [-0.15, -0.1) is 19.0 Å². The number of hydrogen-bond donors (Lipinski definition) is 1. The molecule has 0 amide bonds. The summed E-state index contributed by atoms with van der Waals surface area (Å²) in [5, 5.41) is 3.17. The number of piperazine rings is 1. The maximum Gasteiger partial charge on any atom is 0.214 e. The maximum atomic E-state index is 11.8. The van der Waals surface area contributed by atoms with Gasteiger partial charge in [-0.2, -0.15) is 4.31 Å². The number of sulfonamides is 1. The topological polar surface area (TPSA) is 49.4 Å². The molecule has 15 heavy (non-hydrogen) atoms. The molecule has 1 atom stereocenters. The predicted octanol–water partition coefficient (Wildman–Crippen LogP) is 0.608. The van der Waals surface area contributed by atoms with E-state index in [4.69, 9.17) is 0 Å². The van der Waals surface area contributed by atoms with Crippen molar-refractivity contribution < 1.29 is 8.42 Å². The van der Waals surface area contributed by atoms with Crippen molar-refractivity contribution in [3.05, 3.63) is 12.7 Å². The average molecular weight is 255 g/mol. The summed E-state index contributed by atoms with van der Waals surface area (Å²) in [6, 6.07) is 0.0681. The second-order valence-electron chi connectivity index (χ2n) is 3.56. The van der Waals surface area contributed by atoms with E-state index < -0.39 is 10.0 Å². The molecule has 0 saturated carbocycles. The zero-order valence-electron chi connectivity index (χ0n) is 8.98. The first-order chi connectivity index (χ1) is 6.58. The summed E-state index contributed by atoms with van der Waals surface area (Å²) in [4.78, 5) is 0. The third-order valence-electron chi connectivity index (χ3n) is 2.38. The van der Waals surface area contributed by atoms with Gasteiger partial charge in [0.05, 0.1) is 5.75 Å². The fourth-order valence-corrected chi connectivity index (χ4v) is 3.28. The van der Waals surface area contributed by atoms with Crippen molar-refractivity contribution in [1.82, 2.24) is 9.62 Å². The molecule has 90 valence electrons. The molecule has 1 aliphatic heterocycles. The molecule has 0 aromatic carbocycles. The first-order valence-electron chi connectivity index (χ1n) is 4.89. The molecule has 1 N–H and O–H groups in total. The van der Waals surface area contributed by atoms with Crippen molar-refractivity contribution in [1.29, 1.82) is 0 Å². The molecular weight excluding hydrogens is 236 g/mol. The second-order valence-corrected chi connectivity index (χ2v) is 5.60. The minimum Gasteiger partial charge on any atom is -0.314 e. The summed E-state index contributed by atoms with van der Waals surface area (Å²) >= 11 is 0. The van der Waals surface area contributed by atoms with Crippen LogP contribution in [0.1, 0.15) is 13.3 Å². The highest BCUT2D eigenvalue weighted by molar-refractivity contribution is 7.89. The molecular formula is C9H19ClN2O2S. The lowest BCUT2D eigenvalue weighted by atomic mass is 10.3. The summed E-state index contributed by atoms with van der Waals surface area (Å²) in [6.45, 7) is 7.54. The van der Waals surface area contributed by atoms with Gasteiger partial charge in [0, 0.05) is 25.7 Å². The summed E-state index contributed by atoms with van der Waals surface area (Å²) in [5.74, 6) is 0.181. The van der Waals surface area contributed by atoms with E-state index in [1.54, 1.807) is 10.4 Å². The third-order valence-corrected chi connectivity index (χ3v) is 4.39. The number of halogens is 1. The molecule has 4 nitrogen and oxygen atoms in total. The third kappa shape index (κ3) is 4.10. The summed E-state index contributed by atoms with van der Waals surface area (Å²) in [7, 11) is -3.07. The zero-order valence-corrected chi connectivity index (χ0v) is 10.6. The fourth-order valence-electron chi connectivity index (χ4n) is 1.59. The summed E-state index contributed by atoms with van der Waals surface area (Å²) in [6.07, 6.45) is 2.17. The zero-order chi connectivity index (χ0) is 10.6. The Kier molecular flexibility index (Phi) is 6.43. The molecule has 1 rings (SSSR count). The molecule has 0 radical (unpaired) electrons. The van der Waals surface area contributed by atoms with Gasteiger partial charge in [0.2, 0.25) is 10.0 Å². The van der Waals surface area contributed by atoms with E-state index in [1.165, 1.54) is 0 Å². The molecule has 0 aromatic heterocycles. The quantitative estimate of drug-likeness (QED) is 0.748. The van der Waals surface area contributed by atoms with Crippen LogP contribution >= 0.6 is 12.4 Å². The number of allylic oxidation sites excluding steroid dienone is 1. The molecule has 6 heteroatoms. The van der Waals surface area contributed by atoms with Crippen molar-refractivity contribution in [3.63, 3.8) is 0 Å². The van der Waals surface area contributed by atoms with Gasteiger partial charge >= 0.3 is 0 Å². The molecule has 0 aromatic rings. The van der Waals surface area contributed by atoms with E-state index in [1.807, 2.05) is 6.92 Å².